The first kappa shape index (κ1) is 29.4. The number of rotatable bonds is 14. The van der Waals surface area contributed by atoms with Crippen LogP contribution in [0, 0.1) is 23.7 Å². The van der Waals surface area contributed by atoms with Gasteiger partial charge < -0.3 is 24.4 Å². The number of fused-ring (bicyclic) bond motifs is 1. The van der Waals surface area contributed by atoms with E-state index < -0.39 is 41.1 Å². The zero-order chi connectivity index (χ0) is 27.5. The molecule has 0 aliphatic carbocycles. The quantitative estimate of drug-likeness (QED) is 0.215. The second-order valence-corrected chi connectivity index (χ2v) is 11.3. The summed E-state index contributed by atoms with van der Waals surface area (Å²) in [5.74, 6) is -2.75. The molecule has 3 saturated heterocycles. The van der Waals surface area contributed by atoms with Crippen molar-refractivity contribution in [3.8, 4) is 0 Å². The maximum atomic E-state index is 14.3. The summed E-state index contributed by atoms with van der Waals surface area (Å²) in [6.07, 6.45) is 6.82. The number of hydrogen-bond donors (Lipinski definition) is 1. The molecule has 1 spiro atoms. The van der Waals surface area contributed by atoms with Crippen LogP contribution in [0.1, 0.15) is 66.7 Å². The van der Waals surface area contributed by atoms with Crippen molar-refractivity contribution in [2.75, 3.05) is 26.3 Å². The van der Waals surface area contributed by atoms with Gasteiger partial charge in [-0.2, -0.15) is 0 Å². The largest absolute Gasteiger partial charge is 0.465 e. The molecule has 8 atom stereocenters. The molecule has 2 amide bonds. The standard InChI is InChI=1S/C29H46N2O6/c1-8-12-15-30(14-10-3)26(34)24-29-17-20(6)28(7,37-29)23(27(35)36-16-13-9-2)22(29)25(33)31(24)21(18-32)19(5)11-4/h9-10,19-24,32H,2-3,8,11-18H2,1,4-7H3/t19-,20?,21-,22-,23+,24?,28-,29?/m0/s1. The summed E-state index contributed by atoms with van der Waals surface area (Å²) in [5, 5.41) is 10.5. The molecule has 8 nitrogen and oxygen atoms in total. The molecule has 0 aromatic heterocycles. The van der Waals surface area contributed by atoms with Crippen LogP contribution in [0.5, 0.6) is 0 Å². The van der Waals surface area contributed by atoms with Crippen molar-refractivity contribution in [2.45, 2.75) is 90.0 Å². The van der Waals surface area contributed by atoms with Gasteiger partial charge in [0.25, 0.3) is 0 Å². The average Bonchev–Trinajstić information content (AvgIpc) is 3.38. The van der Waals surface area contributed by atoms with E-state index in [0.29, 0.717) is 25.9 Å². The van der Waals surface area contributed by atoms with Crippen LogP contribution in [-0.4, -0.2) is 82.3 Å². The number of amides is 2. The second-order valence-electron chi connectivity index (χ2n) is 11.3. The Labute approximate surface area is 222 Å². The number of ether oxygens (including phenoxy) is 2. The molecule has 0 saturated carbocycles. The lowest BCUT2D eigenvalue weighted by atomic mass is 9.62. The molecule has 3 rings (SSSR count). The van der Waals surface area contributed by atoms with Gasteiger partial charge in [-0.15, -0.1) is 13.2 Å². The smallest absolute Gasteiger partial charge is 0.312 e. The van der Waals surface area contributed by atoms with E-state index in [1.807, 2.05) is 27.7 Å². The maximum Gasteiger partial charge on any atom is 0.312 e. The van der Waals surface area contributed by atoms with Crippen LogP contribution in [0.25, 0.3) is 0 Å². The Bertz CT molecular complexity index is 892. The third-order valence-electron chi connectivity index (χ3n) is 9.09. The van der Waals surface area contributed by atoms with Gasteiger partial charge >= 0.3 is 5.97 Å². The summed E-state index contributed by atoms with van der Waals surface area (Å²) in [6, 6.07) is -1.49. The van der Waals surface area contributed by atoms with Crippen LogP contribution in [0.15, 0.2) is 25.3 Å². The highest BCUT2D eigenvalue weighted by atomic mass is 16.6. The number of carbonyl (C=O) groups is 3. The van der Waals surface area contributed by atoms with E-state index in [2.05, 4.69) is 20.1 Å². The second kappa shape index (κ2) is 11.7. The number of likely N-dealkylation sites (tertiary alicyclic amines) is 1. The van der Waals surface area contributed by atoms with E-state index in [1.54, 1.807) is 22.0 Å². The first-order valence-corrected chi connectivity index (χ1v) is 13.9. The number of aliphatic hydroxyl groups is 1. The molecule has 208 valence electrons. The Morgan fingerprint density at radius 3 is 2.59 bits per heavy atom. The summed E-state index contributed by atoms with van der Waals surface area (Å²) in [7, 11) is 0. The predicted octanol–water partition coefficient (Wildman–Crippen LogP) is 3.34. The number of hydrogen-bond acceptors (Lipinski definition) is 6. The van der Waals surface area contributed by atoms with E-state index in [1.165, 1.54) is 0 Å². The third kappa shape index (κ3) is 4.76. The van der Waals surface area contributed by atoms with Crippen LogP contribution in [-0.2, 0) is 23.9 Å². The molecule has 0 aromatic carbocycles. The lowest BCUT2D eigenvalue weighted by Gasteiger charge is -2.41. The molecule has 1 N–H and O–H groups in total. The minimum absolute atomic E-state index is 0.0498. The summed E-state index contributed by atoms with van der Waals surface area (Å²) < 4.78 is 12.4. The van der Waals surface area contributed by atoms with Gasteiger partial charge in [0.2, 0.25) is 11.8 Å². The van der Waals surface area contributed by atoms with E-state index in [-0.39, 0.29) is 36.9 Å². The van der Waals surface area contributed by atoms with Gasteiger partial charge in [0, 0.05) is 13.1 Å². The fourth-order valence-corrected chi connectivity index (χ4v) is 6.79. The van der Waals surface area contributed by atoms with Gasteiger partial charge in [-0.3, -0.25) is 14.4 Å². The van der Waals surface area contributed by atoms with Gasteiger partial charge in [0.1, 0.15) is 17.6 Å². The highest BCUT2D eigenvalue weighted by Crippen LogP contribution is 2.65. The minimum Gasteiger partial charge on any atom is -0.465 e. The number of nitrogens with zero attached hydrogens (tertiary/aromatic N) is 2. The van der Waals surface area contributed by atoms with Crippen molar-refractivity contribution < 1.29 is 29.0 Å². The van der Waals surface area contributed by atoms with Crippen LogP contribution in [0.2, 0.25) is 0 Å². The molecule has 3 heterocycles. The minimum atomic E-state index is -1.16. The Morgan fingerprint density at radius 1 is 1.32 bits per heavy atom. The number of unbranched alkanes of at least 4 members (excludes halogenated alkanes) is 1. The SMILES string of the molecule is C=CCCOC(=O)[C@H]1[C@H]2C(=O)N([C@@H](CO)[C@@H](C)CC)C(C(=O)N(CC=C)CCCC)C23CC(C)[C@]1(C)O3. The molecule has 3 fully saturated rings. The van der Waals surface area contributed by atoms with Crippen molar-refractivity contribution in [1.29, 1.82) is 0 Å². The molecule has 3 aliphatic rings. The van der Waals surface area contributed by atoms with Gasteiger partial charge in [-0.25, -0.2) is 0 Å². The summed E-state index contributed by atoms with van der Waals surface area (Å²) in [5.41, 5.74) is -2.08. The zero-order valence-electron chi connectivity index (χ0n) is 23.3. The van der Waals surface area contributed by atoms with Crippen LogP contribution < -0.4 is 0 Å². The highest BCUT2D eigenvalue weighted by Gasteiger charge is 2.80. The highest BCUT2D eigenvalue weighted by molar-refractivity contribution is 5.98. The average molecular weight is 519 g/mol. The van der Waals surface area contributed by atoms with Crippen molar-refractivity contribution in [3.05, 3.63) is 25.3 Å². The van der Waals surface area contributed by atoms with Crippen molar-refractivity contribution in [3.63, 3.8) is 0 Å². The molecule has 2 bridgehead atoms. The molecule has 8 heteroatoms. The Kier molecular flexibility index (Phi) is 9.27. The Morgan fingerprint density at radius 2 is 2.03 bits per heavy atom. The molecule has 0 radical (unpaired) electrons. The van der Waals surface area contributed by atoms with Crippen molar-refractivity contribution in [1.82, 2.24) is 9.80 Å². The van der Waals surface area contributed by atoms with E-state index in [0.717, 1.165) is 19.3 Å². The van der Waals surface area contributed by atoms with Crippen LogP contribution in [0.4, 0.5) is 0 Å². The fourth-order valence-electron chi connectivity index (χ4n) is 6.79. The molecule has 37 heavy (non-hydrogen) atoms. The topological polar surface area (TPSA) is 96.4 Å². The summed E-state index contributed by atoms with van der Waals surface area (Å²) in [4.78, 5) is 45.4. The maximum absolute atomic E-state index is 14.3. The number of carbonyl (C=O) groups excluding carboxylic acids is 3. The van der Waals surface area contributed by atoms with Gasteiger partial charge in [0.05, 0.1) is 30.8 Å². The first-order valence-electron chi connectivity index (χ1n) is 13.9. The van der Waals surface area contributed by atoms with Crippen molar-refractivity contribution in [2.24, 2.45) is 23.7 Å². The summed E-state index contributed by atoms with van der Waals surface area (Å²) >= 11 is 0. The first-order chi connectivity index (χ1) is 17.6. The van der Waals surface area contributed by atoms with Gasteiger partial charge in [-0.05, 0) is 38.0 Å². The normalized spacial score (nSPS) is 33.7. The third-order valence-corrected chi connectivity index (χ3v) is 9.09. The molecule has 0 aromatic rings. The number of esters is 1. The lowest BCUT2D eigenvalue weighted by Crippen LogP contribution is -2.60. The lowest BCUT2D eigenvalue weighted by molar-refractivity contribution is -0.164. The molecule has 3 aliphatic heterocycles. The Hall–Kier alpha value is -2.19. The van der Waals surface area contributed by atoms with Gasteiger partial charge in [0.15, 0.2) is 0 Å². The molecular weight excluding hydrogens is 472 g/mol. The fraction of sp³-hybridized carbons (Fsp3) is 0.759. The summed E-state index contributed by atoms with van der Waals surface area (Å²) in [6.45, 7) is 18.2. The number of aliphatic hydroxyl groups excluding tert-OH is 1. The van der Waals surface area contributed by atoms with E-state index in [9.17, 15) is 19.5 Å². The van der Waals surface area contributed by atoms with Crippen LogP contribution in [0.3, 0.4) is 0 Å². The van der Waals surface area contributed by atoms with Crippen LogP contribution >= 0.6 is 0 Å². The Balaban J connectivity index is 2.14. The monoisotopic (exact) mass is 518 g/mol. The zero-order valence-corrected chi connectivity index (χ0v) is 23.3. The predicted molar refractivity (Wildman–Crippen MR) is 141 cm³/mol. The van der Waals surface area contributed by atoms with Crippen molar-refractivity contribution >= 4 is 17.8 Å². The van der Waals surface area contributed by atoms with Gasteiger partial charge in [-0.1, -0.05) is 52.7 Å². The van der Waals surface area contributed by atoms with E-state index in [4.69, 9.17) is 9.47 Å². The molecule has 3 unspecified atom stereocenters. The molecular formula is C29H46N2O6. The van der Waals surface area contributed by atoms with E-state index >= 15 is 0 Å².